The molecule has 0 rings (SSSR count). The van der Waals surface area contributed by atoms with Gasteiger partial charge in [-0.15, -0.1) is 0 Å². The van der Waals surface area contributed by atoms with Crippen LogP contribution in [0.25, 0.3) is 0 Å². The Morgan fingerprint density at radius 2 is 1.75 bits per heavy atom. The van der Waals surface area contributed by atoms with Gasteiger partial charge in [-0.25, -0.2) is 0 Å². The van der Waals surface area contributed by atoms with Gasteiger partial charge in [-0.2, -0.15) is 0 Å². The number of rotatable bonds is 9. The second-order valence-electron chi connectivity index (χ2n) is 4.24. The number of unbranched alkanes of at least 4 members (excludes halogenated alkanes) is 2. The van der Waals surface area contributed by atoms with Gasteiger partial charge in [0.2, 0.25) is 0 Å². The van der Waals surface area contributed by atoms with Crippen LogP contribution in [-0.2, 0) is 9.59 Å². The van der Waals surface area contributed by atoms with Crippen molar-refractivity contribution in [1.82, 2.24) is 0 Å². The van der Waals surface area contributed by atoms with E-state index in [4.69, 9.17) is 27.4 Å². The number of carboxylic acids is 2. The summed E-state index contributed by atoms with van der Waals surface area (Å²) in [6.45, 7) is 2.48. The van der Waals surface area contributed by atoms with Gasteiger partial charge in [0, 0.05) is 13.0 Å². The summed E-state index contributed by atoms with van der Waals surface area (Å²) in [5.41, 5.74) is 15.3. The fourth-order valence-corrected chi connectivity index (χ4v) is 1.17. The van der Waals surface area contributed by atoms with Crippen molar-refractivity contribution in [3.63, 3.8) is 0 Å². The normalized spacial score (nSPS) is 10.9. The van der Waals surface area contributed by atoms with Crippen LogP contribution in [0, 0.1) is 0 Å². The van der Waals surface area contributed by atoms with Gasteiger partial charge in [0.1, 0.15) is 6.04 Å². The van der Waals surface area contributed by atoms with E-state index in [0.717, 1.165) is 19.3 Å². The number of carboxylic acid groups (broad SMARTS) is 2. The second-order valence-corrected chi connectivity index (χ2v) is 4.24. The summed E-state index contributed by atoms with van der Waals surface area (Å²) in [4.78, 5) is 23.8. The van der Waals surface area contributed by atoms with Gasteiger partial charge in [0.15, 0.2) is 5.96 Å². The molecule has 0 heterocycles. The number of carbonyl (C=O) groups is 2. The molecule has 0 radical (unpaired) electrons. The summed E-state index contributed by atoms with van der Waals surface area (Å²) in [5.74, 6) is -1.67. The van der Waals surface area contributed by atoms with E-state index in [0.29, 0.717) is 25.8 Å². The molecule has 20 heavy (non-hydrogen) atoms. The van der Waals surface area contributed by atoms with E-state index in [1.54, 1.807) is 0 Å². The molecule has 8 nitrogen and oxygen atoms in total. The average Bonchev–Trinajstić information content (AvgIpc) is 2.34. The van der Waals surface area contributed by atoms with Crippen molar-refractivity contribution in [1.29, 1.82) is 0 Å². The van der Waals surface area contributed by atoms with E-state index < -0.39 is 18.0 Å². The molecule has 0 spiro atoms. The number of aliphatic imine (C=N–C) groups is 1. The Kier molecular flexibility index (Phi) is 13.9. The highest BCUT2D eigenvalue weighted by Crippen LogP contribution is 1.97. The maximum absolute atomic E-state index is 10.2. The standard InChI is InChI=1S/C6H14N4O2.C6H12O2/c7-4(5(11)12)2-1-3-10-6(8)9;1-2-3-4-5-6(7)8/h4H,1-3,7H2,(H,11,12)(H4,8,9,10);2-5H2,1H3,(H,7,8). The summed E-state index contributed by atoms with van der Waals surface area (Å²) < 4.78 is 0. The summed E-state index contributed by atoms with van der Waals surface area (Å²) in [5, 5.41) is 16.5. The zero-order chi connectivity index (χ0) is 16.0. The molecule has 0 saturated heterocycles. The number of guanidine groups is 1. The SMILES string of the molecule is CCCCCC(=O)O.NC(N)=NCCCC(N)C(=O)O. The van der Waals surface area contributed by atoms with Crippen LogP contribution >= 0.6 is 0 Å². The van der Waals surface area contributed by atoms with Gasteiger partial charge in [-0.3, -0.25) is 14.6 Å². The van der Waals surface area contributed by atoms with Crippen LogP contribution in [0.1, 0.15) is 45.4 Å². The Labute approximate surface area is 119 Å². The van der Waals surface area contributed by atoms with Gasteiger partial charge >= 0.3 is 11.9 Å². The highest BCUT2D eigenvalue weighted by molar-refractivity contribution is 5.75. The lowest BCUT2D eigenvalue weighted by Crippen LogP contribution is -2.30. The first-order chi connectivity index (χ1) is 9.31. The third-order valence-electron chi connectivity index (χ3n) is 2.28. The number of aliphatic carboxylic acids is 2. The fraction of sp³-hybridized carbons (Fsp3) is 0.750. The predicted molar refractivity (Wildman–Crippen MR) is 77.3 cm³/mol. The van der Waals surface area contributed by atoms with Gasteiger partial charge in [0.05, 0.1) is 0 Å². The van der Waals surface area contributed by atoms with Crippen LogP contribution in [0.5, 0.6) is 0 Å². The van der Waals surface area contributed by atoms with Crippen LogP contribution in [0.4, 0.5) is 0 Å². The van der Waals surface area contributed by atoms with Crippen molar-refractivity contribution < 1.29 is 19.8 Å². The summed E-state index contributed by atoms with van der Waals surface area (Å²) in [7, 11) is 0. The smallest absolute Gasteiger partial charge is 0.320 e. The van der Waals surface area contributed by atoms with Crippen molar-refractivity contribution in [3.05, 3.63) is 0 Å². The minimum absolute atomic E-state index is 0.0129. The summed E-state index contributed by atoms with van der Waals surface area (Å²) in [6, 6.07) is -0.820. The number of hydrogen-bond donors (Lipinski definition) is 5. The van der Waals surface area contributed by atoms with Crippen molar-refractivity contribution in [3.8, 4) is 0 Å². The molecule has 8 heteroatoms. The van der Waals surface area contributed by atoms with Gasteiger partial charge in [-0.05, 0) is 19.3 Å². The van der Waals surface area contributed by atoms with Crippen LogP contribution in [0.15, 0.2) is 4.99 Å². The van der Waals surface area contributed by atoms with E-state index >= 15 is 0 Å². The van der Waals surface area contributed by atoms with E-state index in [9.17, 15) is 9.59 Å². The quantitative estimate of drug-likeness (QED) is 0.228. The fourth-order valence-electron chi connectivity index (χ4n) is 1.17. The Hall–Kier alpha value is -1.83. The Morgan fingerprint density at radius 3 is 2.15 bits per heavy atom. The summed E-state index contributed by atoms with van der Waals surface area (Å²) >= 11 is 0. The van der Waals surface area contributed by atoms with E-state index in [2.05, 4.69) is 11.9 Å². The molecule has 0 aromatic heterocycles. The number of nitrogens with two attached hydrogens (primary N) is 3. The van der Waals surface area contributed by atoms with Crippen molar-refractivity contribution in [2.24, 2.45) is 22.2 Å². The van der Waals surface area contributed by atoms with Crippen molar-refractivity contribution in [2.75, 3.05) is 6.54 Å². The van der Waals surface area contributed by atoms with Gasteiger partial charge in [-0.1, -0.05) is 19.8 Å². The molecule has 0 aliphatic rings. The largest absolute Gasteiger partial charge is 0.481 e. The van der Waals surface area contributed by atoms with Crippen LogP contribution < -0.4 is 17.2 Å². The van der Waals surface area contributed by atoms with Gasteiger partial charge in [0.25, 0.3) is 0 Å². The molecule has 0 saturated carbocycles. The molecular formula is C12H26N4O4. The Bertz CT molecular complexity index is 304. The predicted octanol–water partition coefficient (Wildman–Crippen LogP) is 0.103. The molecule has 0 amide bonds. The second kappa shape index (κ2) is 13.6. The Morgan fingerprint density at radius 1 is 1.15 bits per heavy atom. The van der Waals surface area contributed by atoms with Crippen LogP contribution in [0.3, 0.4) is 0 Å². The number of nitrogens with zero attached hydrogens (tertiary/aromatic N) is 1. The minimum Gasteiger partial charge on any atom is -0.481 e. The van der Waals surface area contributed by atoms with Gasteiger partial charge < -0.3 is 27.4 Å². The lowest BCUT2D eigenvalue weighted by molar-refractivity contribution is -0.139. The highest BCUT2D eigenvalue weighted by atomic mass is 16.4. The molecule has 0 aromatic carbocycles. The molecule has 0 aliphatic carbocycles. The number of hydrogen-bond acceptors (Lipinski definition) is 4. The molecule has 0 aliphatic heterocycles. The first-order valence-corrected chi connectivity index (χ1v) is 6.56. The van der Waals surface area contributed by atoms with E-state index in [1.165, 1.54) is 0 Å². The molecule has 0 fully saturated rings. The van der Waals surface area contributed by atoms with E-state index in [1.807, 2.05) is 0 Å². The van der Waals surface area contributed by atoms with Crippen LogP contribution in [-0.4, -0.2) is 40.7 Å². The maximum Gasteiger partial charge on any atom is 0.320 e. The minimum atomic E-state index is -1.00. The third-order valence-corrected chi connectivity index (χ3v) is 2.28. The highest BCUT2D eigenvalue weighted by Gasteiger charge is 2.09. The molecule has 8 N–H and O–H groups in total. The van der Waals surface area contributed by atoms with E-state index in [-0.39, 0.29) is 5.96 Å². The monoisotopic (exact) mass is 290 g/mol. The third kappa shape index (κ3) is 18.5. The molecule has 0 bridgehead atoms. The molecule has 1 atom stereocenters. The van der Waals surface area contributed by atoms with Crippen LogP contribution in [0.2, 0.25) is 0 Å². The lowest BCUT2D eigenvalue weighted by atomic mass is 10.2. The van der Waals surface area contributed by atoms with Crippen molar-refractivity contribution >= 4 is 17.9 Å². The molecule has 1 unspecified atom stereocenters. The lowest BCUT2D eigenvalue weighted by Gasteiger charge is -2.03. The first-order valence-electron chi connectivity index (χ1n) is 6.56. The topological polar surface area (TPSA) is 165 Å². The first kappa shape index (κ1) is 20.5. The molecule has 118 valence electrons. The summed E-state index contributed by atoms with van der Waals surface area (Å²) in [6.07, 6.45) is 4.23. The maximum atomic E-state index is 10.2. The zero-order valence-electron chi connectivity index (χ0n) is 11.9. The Balaban J connectivity index is 0. The zero-order valence-corrected chi connectivity index (χ0v) is 11.9. The molecule has 0 aromatic rings. The average molecular weight is 290 g/mol. The molecular weight excluding hydrogens is 264 g/mol. The van der Waals surface area contributed by atoms with Crippen molar-refractivity contribution in [2.45, 2.75) is 51.5 Å².